The number of rotatable bonds is 13. The van der Waals surface area contributed by atoms with Crippen molar-refractivity contribution in [3.05, 3.63) is 12.2 Å². The largest absolute Gasteiger partial charge is 0.550 e. The Morgan fingerprint density at radius 3 is 2.26 bits per heavy atom. The number of carbonyl (C=O) groups is 2. The van der Waals surface area contributed by atoms with E-state index in [2.05, 4.69) is 6.92 Å². The number of hydrogen-bond donors (Lipinski definition) is 0. The molecule has 0 amide bonds. The van der Waals surface area contributed by atoms with Gasteiger partial charge < -0.3 is 19.1 Å². The highest BCUT2D eigenvalue weighted by atomic mass is 16.5. The molecule has 0 heterocycles. The SMILES string of the molecule is CCCCCCCC/C=C/C(=O)OC(CC(=O)[O-])C[N+](C)(C)C. The van der Waals surface area contributed by atoms with Gasteiger partial charge >= 0.3 is 5.97 Å². The molecule has 134 valence electrons. The van der Waals surface area contributed by atoms with Gasteiger partial charge in [0, 0.05) is 18.5 Å². The molecule has 0 aliphatic heterocycles. The van der Waals surface area contributed by atoms with Crippen LogP contribution in [0.1, 0.15) is 58.3 Å². The first-order chi connectivity index (χ1) is 10.7. The van der Waals surface area contributed by atoms with Crippen molar-refractivity contribution in [2.75, 3.05) is 27.7 Å². The van der Waals surface area contributed by atoms with Gasteiger partial charge in [0.25, 0.3) is 0 Å². The van der Waals surface area contributed by atoms with Crippen LogP contribution in [0.5, 0.6) is 0 Å². The van der Waals surface area contributed by atoms with Crippen LogP contribution >= 0.6 is 0 Å². The smallest absolute Gasteiger partial charge is 0.330 e. The fraction of sp³-hybridized carbons (Fsp3) is 0.778. The van der Waals surface area contributed by atoms with E-state index < -0.39 is 18.0 Å². The van der Waals surface area contributed by atoms with Crippen LogP contribution in [-0.4, -0.2) is 50.2 Å². The van der Waals surface area contributed by atoms with E-state index >= 15 is 0 Å². The lowest BCUT2D eigenvalue weighted by Gasteiger charge is -2.29. The van der Waals surface area contributed by atoms with Crippen LogP contribution in [0.4, 0.5) is 0 Å². The lowest BCUT2D eigenvalue weighted by atomic mass is 10.1. The van der Waals surface area contributed by atoms with Crippen molar-refractivity contribution in [3.8, 4) is 0 Å². The van der Waals surface area contributed by atoms with Crippen molar-refractivity contribution in [1.29, 1.82) is 0 Å². The molecule has 0 radical (unpaired) electrons. The minimum absolute atomic E-state index is 0.271. The zero-order valence-electron chi connectivity index (χ0n) is 15.2. The Balaban J connectivity index is 4.06. The van der Waals surface area contributed by atoms with E-state index in [1.807, 2.05) is 27.2 Å². The number of nitrogens with zero attached hydrogens (tertiary/aromatic N) is 1. The molecule has 23 heavy (non-hydrogen) atoms. The molecule has 0 bridgehead atoms. The van der Waals surface area contributed by atoms with Gasteiger partial charge in [-0.3, -0.25) is 0 Å². The lowest BCUT2D eigenvalue weighted by molar-refractivity contribution is -0.873. The van der Waals surface area contributed by atoms with Gasteiger partial charge in [0.05, 0.1) is 21.1 Å². The number of carboxylic acid groups (broad SMARTS) is 1. The maximum absolute atomic E-state index is 11.8. The van der Waals surface area contributed by atoms with Gasteiger partial charge in [-0.1, -0.05) is 45.1 Å². The van der Waals surface area contributed by atoms with Crippen LogP contribution in [0.25, 0.3) is 0 Å². The molecule has 0 aromatic carbocycles. The Kier molecular flexibility index (Phi) is 11.4. The first-order valence-corrected chi connectivity index (χ1v) is 8.62. The predicted octanol–water partition coefficient (Wildman–Crippen LogP) is 2.05. The van der Waals surface area contributed by atoms with Crippen LogP contribution < -0.4 is 5.11 Å². The Morgan fingerprint density at radius 1 is 1.09 bits per heavy atom. The summed E-state index contributed by atoms with van der Waals surface area (Å²) in [5, 5.41) is 10.8. The molecule has 5 heteroatoms. The number of unbranched alkanes of at least 4 members (excludes halogenated alkanes) is 6. The normalized spacial score (nSPS) is 13.2. The van der Waals surface area contributed by atoms with Gasteiger partial charge in [0.1, 0.15) is 6.54 Å². The molecule has 0 fully saturated rings. The number of hydrogen-bond acceptors (Lipinski definition) is 4. The van der Waals surface area contributed by atoms with E-state index in [0.717, 1.165) is 12.8 Å². The third kappa shape index (κ3) is 15.3. The third-order valence-electron chi connectivity index (χ3n) is 3.41. The molecule has 5 nitrogen and oxygen atoms in total. The molecule has 0 N–H and O–H groups in total. The molecule has 0 spiro atoms. The maximum Gasteiger partial charge on any atom is 0.330 e. The van der Waals surface area contributed by atoms with E-state index in [0.29, 0.717) is 11.0 Å². The van der Waals surface area contributed by atoms with Gasteiger partial charge in [0.2, 0.25) is 0 Å². The summed E-state index contributed by atoms with van der Waals surface area (Å²) in [5.41, 5.74) is 0. The number of esters is 1. The highest BCUT2D eigenvalue weighted by Gasteiger charge is 2.21. The minimum Gasteiger partial charge on any atom is -0.550 e. The monoisotopic (exact) mass is 327 g/mol. The van der Waals surface area contributed by atoms with Crippen molar-refractivity contribution in [2.24, 2.45) is 0 Å². The molecule has 0 saturated carbocycles. The second kappa shape index (κ2) is 12.1. The van der Waals surface area contributed by atoms with Crippen molar-refractivity contribution in [1.82, 2.24) is 0 Å². The molecule has 0 aromatic rings. The first kappa shape index (κ1) is 21.6. The van der Waals surface area contributed by atoms with Crippen LogP contribution in [0.2, 0.25) is 0 Å². The molecule has 1 atom stereocenters. The molecule has 0 rings (SSSR count). The molecule has 0 aliphatic carbocycles. The van der Waals surface area contributed by atoms with E-state index in [9.17, 15) is 14.7 Å². The summed E-state index contributed by atoms with van der Waals surface area (Å²) in [5.74, 6) is -1.68. The average Bonchev–Trinajstić information content (AvgIpc) is 2.39. The van der Waals surface area contributed by atoms with Crippen LogP contribution in [-0.2, 0) is 14.3 Å². The fourth-order valence-corrected chi connectivity index (χ4v) is 2.37. The van der Waals surface area contributed by atoms with E-state index in [1.54, 1.807) is 0 Å². The van der Waals surface area contributed by atoms with Gasteiger partial charge in [-0.15, -0.1) is 0 Å². The topological polar surface area (TPSA) is 66.4 Å². The van der Waals surface area contributed by atoms with Crippen LogP contribution in [0, 0.1) is 0 Å². The number of allylic oxidation sites excluding steroid dienone is 1. The second-order valence-electron chi connectivity index (χ2n) is 7.07. The molecular weight excluding hydrogens is 294 g/mol. The Morgan fingerprint density at radius 2 is 1.70 bits per heavy atom. The number of aliphatic carboxylic acids is 1. The summed E-state index contributed by atoms with van der Waals surface area (Å²) >= 11 is 0. The summed E-state index contributed by atoms with van der Waals surface area (Å²) in [4.78, 5) is 22.5. The molecule has 0 aromatic heterocycles. The Hall–Kier alpha value is -1.36. The molecule has 1 unspecified atom stereocenters. The zero-order chi connectivity index (χ0) is 17.7. The van der Waals surface area contributed by atoms with Crippen LogP contribution in [0.3, 0.4) is 0 Å². The Labute approximate surface area is 140 Å². The Bertz CT molecular complexity index is 372. The first-order valence-electron chi connectivity index (χ1n) is 8.62. The van der Waals surface area contributed by atoms with Crippen LogP contribution in [0.15, 0.2) is 12.2 Å². The number of carbonyl (C=O) groups excluding carboxylic acids is 2. The van der Waals surface area contributed by atoms with Gasteiger partial charge in [-0.2, -0.15) is 0 Å². The molecule has 0 saturated heterocycles. The van der Waals surface area contributed by atoms with E-state index in [-0.39, 0.29) is 6.42 Å². The summed E-state index contributed by atoms with van der Waals surface area (Å²) in [6, 6.07) is 0. The summed E-state index contributed by atoms with van der Waals surface area (Å²) in [6.07, 6.45) is 10.4. The van der Waals surface area contributed by atoms with Gasteiger partial charge in [-0.05, 0) is 12.8 Å². The average molecular weight is 327 g/mol. The molecular formula is C18H33NO4. The van der Waals surface area contributed by atoms with E-state index in [1.165, 1.54) is 38.2 Å². The quantitative estimate of drug-likeness (QED) is 0.225. The lowest BCUT2D eigenvalue weighted by Crippen LogP contribution is -2.45. The second-order valence-corrected chi connectivity index (χ2v) is 7.07. The summed E-state index contributed by atoms with van der Waals surface area (Å²) in [7, 11) is 5.76. The minimum atomic E-state index is -1.20. The van der Waals surface area contributed by atoms with Crippen molar-refractivity contribution < 1.29 is 23.9 Å². The van der Waals surface area contributed by atoms with Gasteiger partial charge in [-0.25, -0.2) is 4.79 Å². The fourth-order valence-electron chi connectivity index (χ4n) is 2.37. The standard InChI is InChI=1S/C18H33NO4/c1-5-6-7-8-9-10-11-12-13-18(22)23-16(14-17(20)21)15-19(2,3)4/h12-13,16H,5-11,14-15H2,1-4H3/b13-12+. The summed E-state index contributed by atoms with van der Waals surface area (Å²) < 4.78 is 5.76. The summed E-state index contributed by atoms with van der Waals surface area (Å²) in [6.45, 7) is 2.63. The van der Waals surface area contributed by atoms with Gasteiger partial charge in [0.15, 0.2) is 6.10 Å². The molecule has 0 aliphatic rings. The number of likely N-dealkylation sites (N-methyl/N-ethyl adjacent to an activating group) is 1. The highest BCUT2D eigenvalue weighted by molar-refractivity contribution is 5.82. The highest BCUT2D eigenvalue weighted by Crippen LogP contribution is 2.08. The van der Waals surface area contributed by atoms with Crippen molar-refractivity contribution >= 4 is 11.9 Å². The predicted molar refractivity (Wildman–Crippen MR) is 89.5 cm³/mol. The van der Waals surface area contributed by atoms with Crippen molar-refractivity contribution in [2.45, 2.75) is 64.4 Å². The third-order valence-corrected chi connectivity index (χ3v) is 3.41. The van der Waals surface area contributed by atoms with E-state index in [4.69, 9.17) is 4.74 Å². The number of carboxylic acids is 1. The van der Waals surface area contributed by atoms with Crippen molar-refractivity contribution in [3.63, 3.8) is 0 Å². The zero-order valence-corrected chi connectivity index (χ0v) is 15.2. The number of ether oxygens (including phenoxy) is 1. The maximum atomic E-state index is 11.8. The number of quaternary nitrogens is 1.